The van der Waals surface area contributed by atoms with Crippen molar-refractivity contribution >= 4 is 17.7 Å². The second kappa shape index (κ2) is 5.46. The second-order valence-corrected chi connectivity index (χ2v) is 4.22. The molecule has 0 spiro atoms. The molecule has 0 aromatic rings. The van der Waals surface area contributed by atoms with E-state index < -0.39 is 0 Å². The second-order valence-electron chi connectivity index (χ2n) is 2.99. The molecule has 0 saturated carbocycles. The predicted octanol–water partition coefficient (Wildman–Crippen LogP) is 2.08. The lowest BCUT2D eigenvalue weighted by Gasteiger charge is -2.11. The van der Waals surface area contributed by atoms with E-state index in [1.165, 1.54) is 5.75 Å². The van der Waals surface area contributed by atoms with Crippen LogP contribution in [0, 0.1) is 5.92 Å². The summed E-state index contributed by atoms with van der Waals surface area (Å²) in [5, 5.41) is 0. The number of carbonyl (C=O) groups excluding carboxylic acids is 1. The summed E-state index contributed by atoms with van der Waals surface area (Å²) >= 11 is 1.95. The van der Waals surface area contributed by atoms with Gasteiger partial charge in [0.25, 0.3) is 0 Å². The molecule has 70 valence electrons. The van der Waals surface area contributed by atoms with E-state index in [-0.39, 0.29) is 11.9 Å². The van der Waals surface area contributed by atoms with Crippen LogP contribution in [0.4, 0.5) is 0 Å². The molecule has 0 amide bonds. The Hall–Kier alpha value is -0.180. The Kier molecular flexibility index (Phi) is 4.51. The van der Waals surface area contributed by atoms with Crippen molar-refractivity contribution in [3.63, 3.8) is 0 Å². The van der Waals surface area contributed by atoms with Crippen LogP contribution in [0.3, 0.4) is 0 Å². The molecule has 0 bridgehead atoms. The van der Waals surface area contributed by atoms with Crippen molar-refractivity contribution in [3.8, 4) is 0 Å². The molecule has 1 atom stereocenters. The van der Waals surface area contributed by atoms with Crippen LogP contribution in [0.25, 0.3) is 0 Å². The molecule has 0 aromatic carbocycles. The number of hydrogen-bond acceptors (Lipinski definition) is 3. The van der Waals surface area contributed by atoms with Gasteiger partial charge < -0.3 is 4.74 Å². The summed E-state index contributed by atoms with van der Waals surface area (Å²) in [7, 11) is 0. The first-order chi connectivity index (χ1) is 5.84. The number of carbonyl (C=O) groups is 1. The van der Waals surface area contributed by atoms with Crippen LogP contribution in [-0.2, 0) is 9.53 Å². The van der Waals surface area contributed by atoms with E-state index in [4.69, 9.17) is 4.74 Å². The topological polar surface area (TPSA) is 26.3 Å². The molecule has 1 heterocycles. The van der Waals surface area contributed by atoms with Crippen LogP contribution in [0.2, 0.25) is 0 Å². The zero-order chi connectivity index (χ0) is 8.81. The van der Waals surface area contributed by atoms with Gasteiger partial charge in [-0.2, -0.15) is 11.8 Å². The number of thioether (sulfide) groups is 1. The molecule has 1 fully saturated rings. The Morgan fingerprint density at radius 3 is 3.08 bits per heavy atom. The molecule has 2 nitrogen and oxygen atoms in total. The molecule has 1 rings (SSSR count). The Morgan fingerprint density at radius 2 is 2.33 bits per heavy atom. The maximum atomic E-state index is 11.3. The summed E-state index contributed by atoms with van der Waals surface area (Å²) in [6, 6.07) is 0. The van der Waals surface area contributed by atoms with Gasteiger partial charge in [0.1, 0.15) is 0 Å². The van der Waals surface area contributed by atoms with Gasteiger partial charge in [0.05, 0.1) is 12.5 Å². The minimum atomic E-state index is 0.0139. The number of hydrogen-bond donors (Lipinski definition) is 0. The van der Waals surface area contributed by atoms with Gasteiger partial charge >= 0.3 is 5.97 Å². The third-order valence-electron chi connectivity index (χ3n) is 2.07. The molecule has 3 heteroatoms. The number of esters is 1. The van der Waals surface area contributed by atoms with Crippen LogP contribution >= 0.6 is 11.8 Å². The molecular weight excluding hydrogens is 172 g/mol. The first-order valence-electron chi connectivity index (χ1n) is 4.59. The van der Waals surface area contributed by atoms with E-state index in [0.29, 0.717) is 6.61 Å². The maximum absolute atomic E-state index is 11.3. The summed E-state index contributed by atoms with van der Waals surface area (Å²) in [6.45, 7) is 2.38. The lowest BCUT2D eigenvalue weighted by molar-refractivity contribution is -0.148. The van der Waals surface area contributed by atoms with Gasteiger partial charge in [-0.25, -0.2) is 0 Å². The first-order valence-corrected chi connectivity index (χ1v) is 5.74. The van der Waals surface area contributed by atoms with Gasteiger partial charge in [-0.1, -0.05) is 0 Å². The summed E-state index contributed by atoms with van der Waals surface area (Å²) in [5.74, 6) is 2.51. The summed E-state index contributed by atoms with van der Waals surface area (Å²) in [4.78, 5) is 11.3. The molecule has 12 heavy (non-hydrogen) atoms. The fraction of sp³-hybridized carbons (Fsp3) is 0.889. The van der Waals surface area contributed by atoms with Gasteiger partial charge in [-0.05, 0) is 37.7 Å². The SMILES string of the molecule is CCOC(=O)[C@@H]1CCCSCC1. The van der Waals surface area contributed by atoms with E-state index >= 15 is 0 Å². The predicted molar refractivity (Wildman–Crippen MR) is 51.3 cm³/mol. The highest BCUT2D eigenvalue weighted by molar-refractivity contribution is 7.99. The van der Waals surface area contributed by atoms with Crippen molar-refractivity contribution in [1.82, 2.24) is 0 Å². The normalized spacial score (nSPS) is 24.6. The lowest BCUT2D eigenvalue weighted by Crippen LogP contribution is -2.17. The number of ether oxygens (including phenoxy) is 1. The van der Waals surface area contributed by atoms with Crippen molar-refractivity contribution in [2.75, 3.05) is 18.1 Å². The van der Waals surface area contributed by atoms with Gasteiger partial charge in [-0.3, -0.25) is 4.79 Å². The van der Waals surface area contributed by atoms with Gasteiger partial charge in [0, 0.05) is 0 Å². The molecule has 1 aliphatic heterocycles. The Morgan fingerprint density at radius 1 is 1.50 bits per heavy atom. The van der Waals surface area contributed by atoms with Crippen LogP contribution in [0.5, 0.6) is 0 Å². The third kappa shape index (κ3) is 3.05. The first kappa shape index (κ1) is 9.90. The highest BCUT2D eigenvalue weighted by Crippen LogP contribution is 2.22. The zero-order valence-corrected chi connectivity index (χ0v) is 8.36. The fourth-order valence-electron chi connectivity index (χ4n) is 1.40. The minimum Gasteiger partial charge on any atom is -0.466 e. The Labute approximate surface area is 78.1 Å². The molecule has 0 aromatic heterocycles. The fourth-order valence-corrected chi connectivity index (χ4v) is 2.43. The van der Waals surface area contributed by atoms with Gasteiger partial charge in [0.2, 0.25) is 0 Å². The highest BCUT2D eigenvalue weighted by Gasteiger charge is 2.20. The minimum absolute atomic E-state index is 0.0139. The molecule has 1 saturated heterocycles. The number of rotatable bonds is 2. The van der Waals surface area contributed by atoms with E-state index in [9.17, 15) is 4.79 Å². The van der Waals surface area contributed by atoms with E-state index in [1.807, 2.05) is 18.7 Å². The Balaban J connectivity index is 2.32. The highest BCUT2D eigenvalue weighted by atomic mass is 32.2. The van der Waals surface area contributed by atoms with Crippen LogP contribution in [0.1, 0.15) is 26.2 Å². The molecule has 0 unspecified atom stereocenters. The van der Waals surface area contributed by atoms with Crippen molar-refractivity contribution in [2.45, 2.75) is 26.2 Å². The van der Waals surface area contributed by atoms with E-state index in [0.717, 1.165) is 25.0 Å². The van der Waals surface area contributed by atoms with Gasteiger partial charge in [0.15, 0.2) is 0 Å². The molecule has 0 aliphatic carbocycles. The quantitative estimate of drug-likeness (QED) is 0.621. The van der Waals surface area contributed by atoms with Crippen molar-refractivity contribution in [2.24, 2.45) is 5.92 Å². The maximum Gasteiger partial charge on any atom is 0.308 e. The average molecular weight is 188 g/mol. The molecule has 0 radical (unpaired) electrons. The molecular formula is C9H16O2S. The van der Waals surface area contributed by atoms with Crippen molar-refractivity contribution in [3.05, 3.63) is 0 Å². The van der Waals surface area contributed by atoms with Crippen LogP contribution < -0.4 is 0 Å². The van der Waals surface area contributed by atoms with Crippen molar-refractivity contribution in [1.29, 1.82) is 0 Å². The largest absolute Gasteiger partial charge is 0.466 e. The summed E-state index contributed by atoms with van der Waals surface area (Å²) in [5.41, 5.74) is 0. The smallest absolute Gasteiger partial charge is 0.308 e. The summed E-state index contributed by atoms with van der Waals surface area (Å²) in [6.07, 6.45) is 3.18. The summed E-state index contributed by atoms with van der Waals surface area (Å²) < 4.78 is 4.99. The van der Waals surface area contributed by atoms with Gasteiger partial charge in [-0.15, -0.1) is 0 Å². The standard InChI is InChI=1S/C9H16O2S/c1-2-11-9(10)8-4-3-6-12-7-5-8/h8H,2-7H2,1H3/t8-/m1/s1. The van der Waals surface area contributed by atoms with E-state index in [1.54, 1.807) is 0 Å². The third-order valence-corrected chi connectivity index (χ3v) is 3.17. The van der Waals surface area contributed by atoms with E-state index in [2.05, 4.69) is 0 Å². The molecule has 0 N–H and O–H groups in total. The Bertz CT molecular complexity index is 139. The van der Waals surface area contributed by atoms with Crippen LogP contribution in [0.15, 0.2) is 0 Å². The molecule has 1 aliphatic rings. The average Bonchev–Trinajstić information content (AvgIpc) is 2.32. The van der Waals surface area contributed by atoms with Crippen LogP contribution in [-0.4, -0.2) is 24.1 Å². The van der Waals surface area contributed by atoms with Crippen molar-refractivity contribution < 1.29 is 9.53 Å². The zero-order valence-electron chi connectivity index (χ0n) is 7.54. The monoisotopic (exact) mass is 188 g/mol. The lowest BCUT2D eigenvalue weighted by atomic mass is 10.0.